The molecule has 4 heterocycles. The molecule has 0 aliphatic carbocycles. The van der Waals surface area contributed by atoms with Crippen LogP contribution in [-0.2, 0) is 18.9 Å². The van der Waals surface area contributed by atoms with Gasteiger partial charge in [0.05, 0.1) is 18.1 Å². The van der Waals surface area contributed by atoms with Crippen LogP contribution in [0.1, 0.15) is 16.8 Å². The fraction of sp³-hybridized carbons (Fsp3) is 0.185. The third kappa shape index (κ3) is 3.73. The van der Waals surface area contributed by atoms with E-state index in [1.54, 1.807) is 4.68 Å². The number of hydrogen-bond donors (Lipinski definition) is 2. The Morgan fingerprint density at radius 2 is 1.86 bits per heavy atom. The molecule has 5 aromatic rings. The Morgan fingerprint density at radius 1 is 1.06 bits per heavy atom. The van der Waals surface area contributed by atoms with Gasteiger partial charge in [0.25, 0.3) is 0 Å². The Balaban J connectivity index is 1.81. The minimum atomic E-state index is -0.246. The number of nitrogens with one attached hydrogen (secondary N) is 2. The summed E-state index contributed by atoms with van der Waals surface area (Å²) in [6, 6.07) is 6.08. The smallest absolute Gasteiger partial charge is 0.247 e. The van der Waals surface area contributed by atoms with Crippen molar-refractivity contribution in [3.63, 3.8) is 0 Å². The summed E-state index contributed by atoms with van der Waals surface area (Å²) in [6.45, 7) is 9.71. The van der Waals surface area contributed by atoms with Gasteiger partial charge in [-0.1, -0.05) is 18.7 Å². The van der Waals surface area contributed by atoms with Crippen LogP contribution >= 0.6 is 0 Å². The fourth-order valence-electron chi connectivity index (χ4n) is 4.50. The zero-order chi connectivity index (χ0) is 24.9. The Hall–Kier alpha value is -4.46. The van der Waals surface area contributed by atoms with E-state index in [0.29, 0.717) is 0 Å². The van der Waals surface area contributed by atoms with Crippen molar-refractivity contribution in [2.75, 3.05) is 5.32 Å². The van der Waals surface area contributed by atoms with E-state index in [2.05, 4.69) is 47.0 Å². The van der Waals surface area contributed by atoms with Crippen molar-refractivity contribution in [2.24, 2.45) is 14.1 Å². The number of nitrogens with zero attached hydrogens (tertiary/aromatic N) is 5. The molecule has 5 rings (SSSR count). The standard InChI is InChI=1S/C27H27N7O/c1-7-23(35)31-22-10-18(9-8-15(22)2)25-24-16(3)20(21-13-30-34(6)17(21)4)12-28-27(24)32-26(25)19-11-29-33(5)14-19/h7-14H,1H2,2-6H3,(H,28,32)(H,31,35). The van der Waals surface area contributed by atoms with Crippen LogP contribution in [-0.4, -0.2) is 35.4 Å². The molecule has 0 aliphatic heterocycles. The first-order valence-corrected chi connectivity index (χ1v) is 11.3. The second-order valence-corrected chi connectivity index (χ2v) is 8.79. The number of aromatic nitrogens is 6. The lowest BCUT2D eigenvalue weighted by Crippen LogP contribution is -2.08. The molecule has 2 N–H and O–H groups in total. The Kier molecular flexibility index (Phi) is 5.36. The average Bonchev–Trinajstić information content (AvgIpc) is 3.53. The number of H-pyrrole nitrogens is 1. The molecule has 0 atom stereocenters. The van der Waals surface area contributed by atoms with E-state index in [1.807, 2.05) is 62.6 Å². The summed E-state index contributed by atoms with van der Waals surface area (Å²) in [4.78, 5) is 20.4. The molecule has 4 aromatic heterocycles. The number of benzene rings is 1. The summed E-state index contributed by atoms with van der Waals surface area (Å²) < 4.78 is 3.65. The monoisotopic (exact) mass is 465 g/mol. The maximum Gasteiger partial charge on any atom is 0.247 e. The predicted octanol–water partition coefficient (Wildman–Crippen LogP) is 5.08. The van der Waals surface area contributed by atoms with Gasteiger partial charge in [-0.3, -0.25) is 14.2 Å². The van der Waals surface area contributed by atoms with Gasteiger partial charge in [0, 0.05) is 65.5 Å². The van der Waals surface area contributed by atoms with E-state index in [-0.39, 0.29) is 5.91 Å². The van der Waals surface area contributed by atoms with Crippen molar-refractivity contribution >= 4 is 22.6 Å². The van der Waals surface area contributed by atoms with Gasteiger partial charge in [-0.25, -0.2) is 4.98 Å². The van der Waals surface area contributed by atoms with Crippen LogP contribution in [0.15, 0.2) is 55.6 Å². The molecule has 0 saturated heterocycles. The van der Waals surface area contributed by atoms with Gasteiger partial charge in [0.15, 0.2) is 0 Å². The largest absolute Gasteiger partial charge is 0.339 e. The average molecular weight is 466 g/mol. The van der Waals surface area contributed by atoms with Crippen LogP contribution in [0.4, 0.5) is 5.69 Å². The van der Waals surface area contributed by atoms with Crippen molar-refractivity contribution < 1.29 is 4.79 Å². The summed E-state index contributed by atoms with van der Waals surface area (Å²) >= 11 is 0. The van der Waals surface area contributed by atoms with E-state index in [9.17, 15) is 4.79 Å². The summed E-state index contributed by atoms with van der Waals surface area (Å²) in [6.07, 6.45) is 8.87. The van der Waals surface area contributed by atoms with Crippen LogP contribution in [0.5, 0.6) is 0 Å². The first-order chi connectivity index (χ1) is 16.8. The maximum atomic E-state index is 12.1. The minimum absolute atomic E-state index is 0.246. The highest BCUT2D eigenvalue weighted by Crippen LogP contribution is 2.42. The number of fused-ring (bicyclic) bond motifs is 1. The summed E-state index contributed by atoms with van der Waals surface area (Å²) in [5, 5.41) is 12.8. The van der Waals surface area contributed by atoms with Crippen molar-refractivity contribution in [2.45, 2.75) is 20.8 Å². The molecule has 8 heteroatoms. The van der Waals surface area contributed by atoms with E-state index < -0.39 is 0 Å². The number of hydrogen-bond acceptors (Lipinski definition) is 4. The quantitative estimate of drug-likeness (QED) is 0.354. The van der Waals surface area contributed by atoms with Crippen LogP contribution in [0.3, 0.4) is 0 Å². The molecule has 0 bridgehead atoms. The van der Waals surface area contributed by atoms with Gasteiger partial charge in [0.2, 0.25) is 5.91 Å². The molecule has 8 nitrogen and oxygen atoms in total. The molecule has 0 spiro atoms. The van der Waals surface area contributed by atoms with Gasteiger partial charge in [0.1, 0.15) is 5.65 Å². The molecular formula is C27H27N7O. The third-order valence-electron chi connectivity index (χ3n) is 6.57. The van der Waals surface area contributed by atoms with E-state index in [0.717, 1.165) is 67.1 Å². The molecule has 0 fully saturated rings. The van der Waals surface area contributed by atoms with Gasteiger partial charge in [-0.2, -0.15) is 10.2 Å². The Morgan fingerprint density at radius 3 is 2.51 bits per heavy atom. The van der Waals surface area contributed by atoms with E-state index in [4.69, 9.17) is 4.98 Å². The van der Waals surface area contributed by atoms with E-state index >= 15 is 0 Å². The maximum absolute atomic E-state index is 12.1. The number of aromatic amines is 1. The number of pyridine rings is 1. The Bertz CT molecular complexity index is 1620. The topological polar surface area (TPSA) is 93.4 Å². The summed E-state index contributed by atoms with van der Waals surface area (Å²) in [5.74, 6) is -0.246. The molecule has 0 aliphatic rings. The number of carbonyl (C=O) groups excluding carboxylic acids is 1. The number of carbonyl (C=O) groups is 1. The van der Waals surface area contributed by atoms with Gasteiger partial charge >= 0.3 is 0 Å². The second-order valence-electron chi connectivity index (χ2n) is 8.79. The van der Waals surface area contributed by atoms with Gasteiger partial charge in [-0.05, 0) is 49.6 Å². The van der Waals surface area contributed by atoms with Gasteiger partial charge in [-0.15, -0.1) is 0 Å². The first kappa shape index (κ1) is 22.3. The number of amides is 1. The number of rotatable bonds is 5. The molecule has 0 unspecified atom stereocenters. The predicted molar refractivity (Wildman–Crippen MR) is 139 cm³/mol. The molecule has 0 saturated carbocycles. The second kappa shape index (κ2) is 8.39. The van der Waals surface area contributed by atoms with Crippen molar-refractivity contribution in [3.8, 4) is 33.5 Å². The van der Waals surface area contributed by atoms with Crippen LogP contribution in [0, 0.1) is 20.8 Å². The SMILES string of the molecule is C=CC(=O)Nc1cc(-c2c(-c3cnn(C)c3)[nH]c3ncc(-c4cnn(C)c4C)c(C)c23)ccc1C. The highest BCUT2D eigenvalue weighted by molar-refractivity contribution is 6.07. The van der Waals surface area contributed by atoms with Crippen LogP contribution in [0.2, 0.25) is 0 Å². The fourth-order valence-corrected chi connectivity index (χ4v) is 4.50. The highest BCUT2D eigenvalue weighted by Gasteiger charge is 2.22. The van der Waals surface area contributed by atoms with Crippen LogP contribution < -0.4 is 5.32 Å². The van der Waals surface area contributed by atoms with E-state index in [1.165, 1.54) is 6.08 Å². The minimum Gasteiger partial charge on any atom is -0.339 e. The number of anilines is 1. The molecule has 35 heavy (non-hydrogen) atoms. The number of aryl methyl sites for hydroxylation is 4. The zero-order valence-electron chi connectivity index (χ0n) is 20.5. The van der Waals surface area contributed by atoms with Crippen molar-refractivity contribution in [3.05, 3.63) is 72.5 Å². The van der Waals surface area contributed by atoms with Crippen molar-refractivity contribution in [1.29, 1.82) is 0 Å². The third-order valence-corrected chi connectivity index (χ3v) is 6.57. The lowest BCUT2D eigenvalue weighted by atomic mass is 9.93. The lowest BCUT2D eigenvalue weighted by Gasteiger charge is -2.12. The summed E-state index contributed by atoms with van der Waals surface area (Å²) in [7, 11) is 3.83. The van der Waals surface area contributed by atoms with Crippen LogP contribution in [0.25, 0.3) is 44.5 Å². The Labute approximate surface area is 203 Å². The molecule has 0 radical (unpaired) electrons. The molecule has 1 aromatic carbocycles. The molecule has 176 valence electrons. The zero-order valence-corrected chi connectivity index (χ0v) is 20.5. The normalized spacial score (nSPS) is 11.2. The molecule has 1 amide bonds. The van der Waals surface area contributed by atoms with Gasteiger partial charge < -0.3 is 10.3 Å². The summed E-state index contributed by atoms with van der Waals surface area (Å²) in [5.41, 5.74) is 10.6. The lowest BCUT2D eigenvalue weighted by molar-refractivity contribution is -0.111. The highest BCUT2D eigenvalue weighted by atomic mass is 16.1. The first-order valence-electron chi connectivity index (χ1n) is 11.3. The van der Waals surface area contributed by atoms with Crippen molar-refractivity contribution in [1.82, 2.24) is 29.5 Å². The molecular weight excluding hydrogens is 438 g/mol.